The first-order valence-corrected chi connectivity index (χ1v) is 7.87. The minimum atomic E-state index is -0.800. The van der Waals surface area contributed by atoms with E-state index < -0.39 is 5.60 Å². The summed E-state index contributed by atoms with van der Waals surface area (Å²) in [4.78, 5) is 0.901. The van der Waals surface area contributed by atoms with Crippen LogP contribution in [0.1, 0.15) is 22.4 Å². The number of aryl methyl sites for hydroxylation is 1. The number of hydrogen-bond acceptors (Lipinski definition) is 2. The maximum Gasteiger partial charge on any atom is 0.105 e. The van der Waals surface area contributed by atoms with Crippen LogP contribution in [0, 0.1) is 0 Å². The van der Waals surface area contributed by atoms with Gasteiger partial charge in [0, 0.05) is 10.9 Å². The summed E-state index contributed by atoms with van der Waals surface area (Å²) in [6.07, 6.45) is 2.27. The number of rotatable bonds is 1. The molecule has 1 nitrogen and oxygen atoms in total. The van der Waals surface area contributed by atoms with Crippen molar-refractivity contribution >= 4 is 38.9 Å². The molecule has 1 atom stereocenters. The van der Waals surface area contributed by atoms with E-state index in [4.69, 9.17) is 11.6 Å². The normalized spacial score (nSPS) is 22.8. The van der Waals surface area contributed by atoms with Crippen LogP contribution in [0.25, 0.3) is 0 Å². The molecule has 1 N–H and O–H groups in total. The Hall–Kier alpha value is -0.350. The van der Waals surface area contributed by atoms with Gasteiger partial charge < -0.3 is 5.11 Å². The summed E-state index contributed by atoms with van der Waals surface area (Å²) in [6.45, 7) is 0. The zero-order valence-electron chi connectivity index (χ0n) is 9.62. The Balaban J connectivity index is 1.99. The van der Waals surface area contributed by atoms with E-state index in [9.17, 15) is 5.11 Å². The van der Waals surface area contributed by atoms with E-state index in [1.54, 1.807) is 11.3 Å². The summed E-state index contributed by atoms with van der Waals surface area (Å²) >= 11 is 11.2. The van der Waals surface area contributed by atoms with E-state index in [1.807, 2.05) is 17.5 Å². The molecule has 1 aromatic carbocycles. The Morgan fingerprint density at radius 2 is 2.11 bits per heavy atom. The highest BCUT2D eigenvalue weighted by molar-refractivity contribution is 9.10. The van der Waals surface area contributed by atoms with E-state index in [1.165, 1.54) is 11.1 Å². The number of benzene rings is 1. The Bertz CT molecular complexity index is 595. The molecule has 0 amide bonds. The number of halogens is 2. The zero-order chi connectivity index (χ0) is 12.8. The van der Waals surface area contributed by atoms with Crippen molar-refractivity contribution in [2.45, 2.75) is 24.9 Å². The first-order chi connectivity index (χ1) is 8.58. The Labute approximate surface area is 124 Å². The molecule has 0 spiro atoms. The second-order valence-electron chi connectivity index (χ2n) is 4.72. The number of thiophene rings is 1. The van der Waals surface area contributed by atoms with Crippen molar-refractivity contribution in [2.75, 3.05) is 0 Å². The lowest BCUT2D eigenvalue weighted by Crippen LogP contribution is -2.32. The highest BCUT2D eigenvalue weighted by Gasteiger charge is 2.36. The summed E-state index contributed by atoms with van der Waals surface area (Å²) in [5.41, 5.74) is 1.74. The van der Waals surface area contributed by atoms with Crippen LogP contribution in [0.4, 0.5) is 0 Å². The van der Waals surface area contributed by atoms with Crippen LogP contribution < -0.4 is 0 Å². The first kappa shape index (κ1) is 12.7. The molecule has 1 aliphatic carbocycles. The average molecular weight is 344 g/mol. The van der Waals surface area contributed by atoms with Crippen LogP contribution in [0.3, 0.4) is 0 Å². The topological polar surface area (TPSA) is 20.2 Å². The molecule has 94 valence electrons. The molecule has 18 heavy (non-hydrogen) atoms. The van der Waals surface area contributed by atoms with Crippen LogP contribution in [0.5, 0.6) is 0 Å². The third kappa shape index (κ3) is 2.14. The number of fused-ring (bicyclic) bond motifs is 1. The molecule has 1 aliphatic rings. The smallest absolute Gasteiger partial charge is 0.105 e. The van der Waals surface area contributed by atoms with E-state index in [0.717, 1.165) is 22.2 Å². The van der Waals surface area contributed by atoms with E-state index >= 15 is 0 Å². The molecule has 0 aliphatic heterocycles. The summed E-state index contributed by atoms with van der Waals surface area (Å²) in [5.74, 6) is 0. The zero-order valence-corrected chi connectivity index (χ0v) is 12.8. The van der Waals surface area contributed by atoms with Gasteiger partial charge in [-0.05, 0) is 47.5 Å². The minimum Gasteiger partial charge on any atom is -0.384 e. The van der Waals surface area contributed by atoms with Gasteiger partial charge in [0.25, 0.3) is 0 Å². The molecule has 1 unspecified atom stereocenters. The van der Waals surface area contributed by atoms with Gasteiger partial charge in [-0.25, -0.2) is 0 Å². The van der Waals surface area contributed by atoms with Crippen molar-refractivity contribution < 1.29 is 5.11 Å². The molecule has 0 saturated carbocycles. The maximum atomic E-state index is 10.8. The van der Waals surface area contributed by atoms with Gasteiger partial charge in [0.05, 0.1) is 9.90 Å². The predicted molar refractivity (Wildman–Crippen MR) is 79.4 cm³/mol. The van der Waals surface area contributed by atoms with Gasteiger partial charge in [-0.3, -0.25) is 0 Å². The fourth-order valence-electron chi connectivity index (χ4n) is 2.56. The van der Waals surface area contributed by atoms with Crippen molar-refractivity contribution in [3.05, 3.63) is 55.1 Å². The first-order valence-electron chi connectivity index (χ1n) is 5.82. The lowest BCUT2D eigenvalue weighted by atomic mass is 9.79. The molecule has 0 saturated heterocycles. The van der Waals surface area contributed by atoms with Crippen LogP contribution in [-0.4, -0.2) is 5.11 Å². The molecule has 3 rings (SSSR count). The molecule has 4 heteroatoms. The SMILES string of the molecule is OC1(c2sccc2Cl)CCc2cc(Br)ccc2C1. The highest BCUT2D eigenvalue weighted by Crippen LogP contribution is 2.42. The van der Waals surface area contributed by atoms with Gasteiger partial charge in [-0.2, -0.15) is 0 Å². The molecule has 0 radical (unpaired) electrons. The monoisotopic (exact) mass is 342 g/mol. The highest BCUT2D eigenvalue weighted by atomic mass is 79.9. The van der Waals surface area contributed by atoms with Gasteiger partial charge in [0.2, 0.25) is 0 Å². The number of aliphatic hydroxyl groups is 1. The third-order valence-corrected chi connectivity index (χ3v) is 5.53. The van der Waals surface area contributed by atoms with Crippen molar-refractivity contribution in [2.24, 2.45) is 0 Å². The average Bonchev–Trinajstić information content (AvgIpc) is 2.77. The Kier molecular flexibility index (Phi) is 3.27. The minimum absolute atomic E-state index is 0.649. The predicted octanol–water partition coefficient (Wildman–Crippen LogP) is 4.54. The van der Waals surface area contributed by atoms with Gasteiger partial charge in [-0.1, -0.05) is 33.6 Å². The quantitative estimate of drug-likeness (QED) is 0.806. The lowest BCUT2D eigenvalue weighted by Gasteiger charge is -2.33. The summed E-state index contributed by atoms with van der Waals surface area (Å²) < 4.78 is 1.10. The van der Waals surface area contributed by atoms with Crippen molar-refractivity contribution in [3.63, 3.8) is 0 Å². The Morgan fingerprint density at radius 1 is 1.28 bits per heavy atom. The number of hydrogen-bond donors (Lipinski definition) is 1. The molecule has 1 heterocycles. The van der Waals surface area contributed by atoms with Crippen LogP contribution in [-0.2, 0) is 18.4 Å². The summed E-state index contributed by atoms with van der Waals surface area (Å²) in [5, 5.41) is 13.5. The molecular weight excluding hydrogens is 332 g/mol. The fourth-order valence-corrected chi connectivity index (χ4v) is 4.33. The third-order valence-electron chi connectivity index (χ3n) is 3.50. The lowest BCUT2D eigenvalue weighted by molar-refractivity contribution is 0.0260. The van der Waals surface area contributed by atoms with E-state index in [-0.39, 0.29) is 0 Å². The van der Waals surface area contributed by atoms with Crippen molar-refractivity contribution in [1.29, 1.82) is 0 Å². The molecule has 0 bridgehead atoms. The standard InChI is InChI=1S/C14H12BrClOS/c15-11-2-1-10-8-14(17,5-3-9(10)7-11)13-12(16)4-6-18-13/h1-2,4,6-7,17H,3,5,8H2. The van der Waals surface area contributed by atoms with Gasteiger partial charge in [0.1, 0.15) is 5.60 Å². The largest absolute Gasteiger partial charge is 0.384 e. The molecule has 1 aromatic heterocycles. The van der Waals surface area contributed by atoms with E-state index in [2.05, 4.69) is 28.1 Å². The van der Waals surface area contributed by atoms with Gasteiger partial charge in [0.15, 0.2) is 0 Å². The van der Waals surface area contributed by atoms with Gasteiger partial charge in [-0.15, -0.1) is 11.3 Å². The fraction of sp³-hybridized carbons (Fsp3) is 0.286. The molecule has 2 aromatic rings. The second-order valence-corrected chi connectivity index (χ2v) is 6.96. The van der Waals surface area contributed by atoms with Crippen LogP contribution in [0.15, 0.2) is 34.1 Å². The summed E-state index contributed by atoms with van der Waals surface area (Å²) in [6, 6.07) is 8.12. The van der Waals surface area contributed by atoms with Gasteiger partial charge >= 0.3 is 0 Å². The van der Waals surface area contributed by atoms with Crippen molar-refractivity contribution in [3.8, 4) is 0 Å². The van der Waals surface area contributed by atoms with Crippen LogP contribution >= 0.6 is 38.9 Å². The molecular formula is C14H12BrClOS. The maximum absolute atomic E-state index is 10.8. The second kappa shape index (κ2) is 4.64. The van der Waals surface area contributed by atoms with Crippen molar-refractivity contribution in [1.82, 2.24) is 0 Å². The summed E-state index contributed by atoms with van der Waals surface area (Å²) in [7, 11) is 0. The Morgan fingerprint density at radius 3 is 2.83 bits per heavy atom. The van der Waals surface area contributed by atoms with E-state index in [0.29, 0.717) is 11.4 Å². The molecule has 0 fully saturated rings. The van der Waals surface area contributed by atoms with Crippen LogP contribution in [0.2, 0.25) is 5.02 Å².